The lowest BCUT2D eigenvalue weighted by Gasteiger charge is -2.24. The molecule has 0 unspecified atom stereocenters. The zero-order valence-electron chi connectivity index (χ0n) is 12.2. The predicted octanol–water partition coefficient (Wildman–Crippen LogP) is 3.33. The van der Waals surface area contributed by atoms with E-state index in [4.69, 9.17) is 0 Å². The molecule has 1 aliphatic rings. The number of aryl methyl sites for hydroxylation is 2. The number of nitrogens with one attached hydrogen (secondary N) is 1. The fourth-order valence-electron chi connectivity index (χ4n) is 2.81. The first kappa shape index (κ1) is 14.7. The molecule has 2 aromatic rings. The lowest BCUT2D eigenvalue weighted by atomic mass is 9.97. The van der Waals surface area contributed by atoms with E-state index >= 15 is 0 Å². The van der Waals surface area contributed by atoms with Gasteiger partial charge in [0.15, 0.2) is 0 Å². The second-order valence-electron chi connectivity index (χ2n) is 5.56. The van der Waals surface area contributed by atoms with Crippen LogP contribution in [0, 0.1) is 12.8 Å². The Morgan fingerprint density at radius 1 is 1.45 bits per heavy atom. The van der Waals surface area contributed by atoms with Gasteiger partial charge in [-0.1, -0.05) is 12.1 Å². The Morgan fingerprint density at radius 3 is 3.05 bits per heavy atom. The fraction of sp³-hybridized carbons (Fsp3) is 0.375. The van der Waals surface area contributed by atoms with Gasteiger partial charge in [0.05, 0.1) is 5.92 Å². The van der Waals surface area contributed by atoms with E-state index in [1.807, 2.05) is 17.7 Å². The number of hydrogen-bond donors (Lipinski definition) is 1. The van der Waals surface area contributed by atoms with Crippen LogP contribution in [0.3, 0.4) is 0 Å². The summed E-state index contributed by atoms with van der Waals surface area (Å²) in [5, 5.41) is 2.74. The number of carbonyl (C=O) groups is 1. The molecule has 0 aliphatic carbocycles. The van der Waals surface area contributed by atoms with Crippen molar-refractivity contribution in [2.75, 3.05) is 5.32 Å². The number of hydrogen-bond acceptors (Lipinski definition) is 2. The van der Waals surface area contributed by atoms with Crippen molar-refractivity contribution in [1.82, 2.24) is 9.55 Å². The first-order chi connectivity index (χ1) is 10.5. The van der Waals surface area contributed by atoms with E-state index in [-0.39, 0.29) is 17.4 Å². The van der Waals surface area contributed by atoms with E-state index in [1.165, 1.54) is 18.2 Å². The Balaban J connectivity index is 1.70. The number of carbonyl (C=O) groups excluding carboxylic acids is 1. The third-order valence-corrected chi connectivity index (χ3v) is 4.07. The molecule has 6 heteroatoms. The van der Waals surface area contributed by atoms with Gasteiger partial charge in [-0.25, -0.2) is 13.8 Å². The van der Waals surface area contributed by atoms with Crippen LogP contribution in [0.25, 0.3) is 0 Å². The smallest absolute Gasteiger partial charge is 0.263 e. The Morgan fingerprint density at radius 2 is 2.27 bits per heavy atom. The fourth-order valence-corrected chi connectivity index (χ4v) is 2.81. The lowest BCUT2D eigenvalue weighted by molar-refractivity contribution is -0.120. The van der Waals surface area contributed by atoms with Crippen molar-refractivity contribution in [3.63, 3.8) is 0 Å². The zero-order chi connectivity index (χ0) is 15.7. The van der Waals surface area contributed by atoms with Gasteiger partial charge in [-0.15, -0.1) is 0 Å². The summed E-state index contributed by atoms with van der Waals surface area (Å²) in [6, 6.07) is 5.82. The summed E-state index contributed by atoms with van der Waals surface area (Å²) in [6.07, 6.45) is 0.847. The van der Waals surface area contributed by atoms with Crippen LogP contribution in [-0.4, -0.2) is 15.5 Å². The minimum Gasteiger partial charge on any atom is -0.331 e. The third-order valence-electron chi connectivity index (χ3n) is 4.07. The van der Waals surface area contributed by atoms with Crippen molar-refractivity contribution in [3.8, 4) is 0 Å². The monoisotopic (exact) mass is 305 g/mol. The maximum Gasteiger partial charge on any atom is 0.263 e. The van der Waals surface area contributed by atoms with Gasteiger partial charge in [0.2, 0.25) is 5.91 Å². The summed E-state index contributed by atoms with van der Waals surface area (Å²) < 4.78 is 27.4. The Kier molecular flexibility index (Phi) is 3.92. The molecule has 3 rings (SSSR count). The number of imidazole rings is 1. The van der Waals surface area contributed by atoms with E-state index in [9.17, 15) is 13.6 Å². The molecule has 0 bridgehead atoms. The number of aromatic nitrogens is 2. The van der Waals surface area contributed by atoms with E-state index in [0.29, 0.717) is 12.2 Å². The molecule has 1 N–H and O–H groups in total. The van der Waals surface area contributed by atoms with Crippen molar-refractivity contribution in [2.45, 2.75) is 32.7 Å². The molecular formula is C16H17F2N3O. The van der Waals surface area contributed by atoms with Gasteiger partial charge >= 0.3 is 0 Å². The molecule has 0 saturated carbocycles. The van der Waals surface area contributed by atoms with Crippen LogP contribution in [0.2, 0.25) is 0 Å². The summed E-state index contributed by atoms with van der Waals surface area (Å²) >= 11 is 0. The average molecular weight is 305 g/mol. The van der Waals surface area contributed by atoms with Gasteiger partial charge < -0.3 is 9.88 Å². The van der Waals surface area contributed by atoms with Crippen LogP contribution in [0.5, 0.6) is 0 Å². The molecule has 0 fully saturated rings. The summed E-state index contributed by atoms with van der Waals surface area (Å²) in [5.74, 6) is 0.591. The predicted molar refractivity (Wildman–Crippen MR) is 78.8 cm³/mol. The number of anilines is 1. The molecule has 0 saturated heterocycles. The highest BCUT2D eigenvalue weighted by Gasteiger charge is 2.26. The highest BCUT2D eigenvalue weighted by Crippen LogP contribution is 2.25. The van der Waals surface area contributed by atoms with Gasteiger partial charge in [0.1, 0.15) is 5.82 Å². The van der Waals surface area contributed by atoms with E-state index in [2.05, 4.69) is 10.3 Å². The van der Waals surface area contributed by atoms with Crippen LogP contribution >= 0.6 is 0 Å². The second-order valence-corrected chi connectivity index (χ2v) is 5.56. The highest BCUT2D eigenvalue weighted by atomic mass is 19.3. The molecule has 0 radical (unpaired) electrons. The third kappa shape index (κ3) is 2.86. The molecule has 1 aromatic carbocycles. The summed E-state index contributed by atoms with van der Waals surface area (Å²) in [7, 11) is 0. The van der Waals surface area contributed by atoms with Crippen LogP contribution in [0.4, 0.5) is 14.5 Å². The van der Waals surface area contributed by atoms with Crippen LogP contribution in [0.1, 0.15) is 29.9 Å². The number of amides is 1. The zero-order valence-corrected chi connectivity index (χ0v) is 12.2. The number of rotatable bonds is 3. The minimum absolute atomic E-state index is 0.0887. The topological polar surface area (TPSA) is 46.9 Å². The molecule has 22 heavy (non-hydrogen) atoms. The maximum atomic E-state index is 12.7. The van der Waals surface area contributed by atoms with Gasteiger partial charge in [0.25, 0.3) is 6.43 Å². The Labute approximate surface area is 127 Å². The van der Waals surface area contributed by atoms with Crippen molar-refractivity contribution in [2.24, 2.45) is 5.92 Å². The molecule has 4 nitrogen and oxygen atoms in total. The molecule has 1 aromatic heterocycles. The van der Waals surface area contributed by atoms with Crippen molar-refractivity contribution >= 4 is 11.6 Å². The summed E-state index contributed by atoms with van der Waals surface area (Å²) in [4.78, 5) is 16.6. The molecule has 1 atom stereocenters. The standard InChI is InChI=1S/C16H17F2N3O/c1-10-19-8-14-6-5-12(9-21(10)14)16(22)20-13-4-2-3-11(7-13)15(17)18/h2-4,7-8,12,15H,5-6,9H2,1H3,(H,20,22)/t12-/m0/s1. The van der Waals surface area contributed by atoms with Crippen LogP contribution in [-0.2, 0) is 17.8 Å². The number of alkyl halides is 2. The first-order valence-electron chi connectivity index (χ1n) is 7.24. The van der Waals surface area contributed by atoms with Gasteiger partial charge in [0, 0.05) is 29.7 Å². The van der Waals surface area contributed by atoms with Gasteiger partial charge in [-0.05, 0) is 31.9 Å². The minimum atomic E-state index is -2.54. The molecule has 2 heterocycles. The quantitative estimate of drug-likeness (QED) is 0.945. The Hall–Kier alpha value is -2.24. The Bertz CT molecular complexity index is 696. The average Bonchev–Trinajstić information content (AvgIpc) is 2.88. The van der Waals surface area contributed by atoms with Gasteiger partial charge in [-0.3, -0.25) is 4.79 Å². The van der Waals surface area contributed by atoms with Crippen LogP contribution in [0.15, 0.2) is 30.5 Å². The SMILES string of the molecule is Cc1ncc2n1C[C@@H](C(=O)Nc1cccc(C(F)F)c1)CC2. The molecular weight excluding hydrogens is 288 g/mol. The van der Waals surface area contributed by atoms with Crippen molar-refractivity contribution in [1.29, 1.82) is 0 Å². The van der Waals surface area contributed by atoms with E-state index < -0.39 is 6.43 Å². The second kappa shape index (κ2) is 5.87. The maximum absolute atomic E-state index is 12.7. The normalized spacial score (nSPS) is 17.4. The van der Waals surface area contributed by atoms with Crippen molar-refractivity contribution < 1.29 is 13.6 Å². The van der Waals surface area contributed by atoms with Crippen molar-refractivity contribution in [3.05, 3.63) is 47.5 Å². The highest BCUT2D eigenvalue weighted by molar-refractivity contribution is 5.92. The van der Waals surface area contributed by atoms with E-state index in [0.717, 1.165) is 24.4 Å². The molecule has 116 valence electrons. The van der Waals surface area contributed by atoms with Crippen LogP contribution < -0.4 is 5.32 Å². The summed E-state index contributed by atoms with van der Waals surface area (Å²) in [6.45, 7) is 2.50. The number of fused-ring (bicyclic) bond motifs is 1. The largest absolute Gasteiger partial charge is 0.331 e. The number of nitrogens with zero attached hydrogens (tertiary/aromatic N) is 2. The van der Waals surface area contributed by atoms with E-state index in [1.54, 1.807) is 6.07 Å². The molecule has 1 aliphatic heterocycles. The number of halogens is 2. The number of benzene rings is 1. The molecule has 1 amide bonds. The summed E-state index contributed by atoms with van der Waals surface area (Å²) in [5.41, 5.74) is 1.46. The lowest BCUT2D eigenvalue weighted by Crippen LogP contribution is -2.31. The first-order valence-corrected chi connectivity index (χ1v) is 7.24. The molecule has 0 spiro atoms. The van der Waals surface area contributed by atoms with Gasteiger partial charge in [-0.2, -0.15) is 0 Å².